The highest BCUT2D eigenvalue weighted by atomic mass is 19.1. The Morgan fingerprint density at radius 1 is 1.13 bits per heavy atom. The van der Waals surface area contributed by atoms with E-state index in [0.717, 1.165) is 18.7 Å². The van der Waals surface area contributed by atoms with Gasteiger partial charge in [0.25, 0.3) is 0 Å². The highest BCUT2D eigenvalue weighted by Gasteiger charge is 2.26. The number of amides is 1. The molecule has 4 heteroatoms. The molecule has 0 saturated carbocycles. The van der Waals surface area contributed by atoms with Crippen LogP contribution in [0.5, 0.6) is 0 Å². The minimum atomic E-state index is -0.365. The smallest absolute Gasteiger partial charge is 0.246 e. The Morgan fingerprint density at radius 2 is 1.78 bits per heavy atom. The summed E-state index contributed by atoms with van der Waals surface area (Å²) in [7, 11) is 0. The number of aryl methyl sites for hydroxylation is 1. The standard InChI is InChI=1S/C19H23FN2O/c1-4-22(5-2)18(15-9-7-6-8-10-15)19(23)21-17-12-11-16(20)13-14(17)3/h6-13,18H,4-5H2,1-3H3,(H,21,23). The van der Waals surface area contributed by atoms with Crippen molar-refractivity contribution in [1.82, 2.24) is 4.90 Å². The molecule has 2 aromatic rings. The highest BCUT2D eigenvalue weighted by Crippen LogP contribution is 2.24. The second-order valence-electron chi connectivity index (χ2n) is 5.48. The van der Waals surface area contributed by atoms with Gasteiger partial charge in [-0.15, -0.1) is 0 Å². The topological polar surface area (TPSA) is 32.3 Å². The lowest BCUT2D eigenvalue weighted by Gasteiger charge is -2.29. The molecule has 0 aromatic heterocycles. The van der Waals surface area contributed by atoms with Crippen LogP contribution in [-0.2, 0) is 4.79 Å². The predicted molar refractivity (Wildman–Crippen MR) is 91.9 cm³/mol. The minimum absolute atomic E-state index is 0.102. The number of rotatable bonds is 6. The van der Waals surface area contributed by atoms with Crippen LogP contribution in [0.2, 0.25) is 0 Å². The van der Waals surface area contributed by atoms with Crippen molar-refractivity contribution in [3.05, 3.63) is 65.5 Å². The highest BCUT2D eigenvalue weighted by molar-refractivity contribution is 5.96. The van der Waals surface area contributed by atoms with Gasteiger partial charge in [-0.25, -0.2) is 4.39 Å². The van der Waals surface area contributed by atoms with Crippen molar-refractivity contribution >= 4 is 11.6 Å². The number of nitrogens with one attached hydrogen (secondary N) is 1. The third-order valence-electron chi connectivity index (χ3n) is 3.99. The molecule has 0 fully saturated rings. The number of hydrogen-bond donors (Lipinski definition) is 1. The molecule has 0 heterocycles. The zero-order valence-corrected chi connectivity index (χ0v) is 13.8. The summed E-state index contributed by atoms with van der Waals surface area (Å²) < 4.78 is 13.2. The van der Waals surface area contributed by atoms with Crippen molar-refractivity contribution in [1.29, 1.82) is 0 Å². The number of anilines is 1. The average Bonchev–Trinajstić information content (AvgIpc) is 2.55. The molecule has 23 heavy (non-hydrogen) atoms. The van der Waals surface area contributed by atoms with Crippen LogP contribution in [0.15, 0.2) is 48.5 Å². The van der Waals surface area contributed by atoms with Gasteiger partial charge in [-0.2, -0.15) is 0 Å². The number of likely N-dealkylation sites (N-methyl/N-ethyl adjacent to an activating group) is 1. The third-order valence-corrected chi connectivity index (χ3v) is 3.99. The molecule has 1 N–H and O–H groups in total. The Kier molecular flexibility index (Phi) is 5.88. The van der Waals surface area contributed by atoms with E-state index in [1.54, 1.807) is 13.0 Å². The number of halogens is 1. The second-order valence-corrected chi connectivity index (χ2v) is 5.48. The van der Waals surface area contributed by atoms with Gasteiger partial charge in [0.1, 0.15) is 11.9 Å². The molecule has 1 amide bonds. The van der Waals surface area contributed by atoms with Gasteiger partial charge in [-0.3, -0.25) is 9.69 Å². The maximum atomic E-state index is 13.2. The third kappa shape index (κ3) is 4.17. The maximum absolute atomic E-state index is 13.2. The Morgan fingerprint density at radius 3 is 2.35 bits per heavy atom. The molecule has 0 spiro atoms. The number of carbonyl (C=O) groups is 1. The molecule has 2 aromatic carbocycles. The van der Waals surface area contributed by atoms with Crippen LogP contribution < -0.4 is 5.32 Å². The first kappa shape index (κ1) is 17.2. The van der Waals surface area contributed by atoms with Crippen molar-refractivity contribution < 1.29 is 9.18 Å². The molecule has 1 atom stereocenters. The van der Waals surface area contributed by atoms with E-state index >= 15 is 0 Å². The van der Waals surface area contributed by atoms with Crippen molar-refractivity contribution in [2.75, 3.05) is 18.4 Å². The van der Waals surface area contributed by atoms with Crippen LogP contribution in [0, 0.1) is 12.7 Å². The van der Waals surface area contributed by atoms with E-state index in [1.807, 2.05) is 44.2 Å². The Hall–Kier alpha value is -2.20. The molecule has 0 radical (unpaired) electrons. The fourth-order valence-corrected chi connectivity index (χ4v) is 2.72. The number of hydrogen-bond acceptors (Lipinski definition) is 2. The SMILES string of the molecule is CCN(CC)C(C(=O)Nc1ccc(F)cc1C)c1ccccc1. The van der Waals surface area contributed by atoms with Crippen LogP contribution >= 0.6 is 0 Å². The maximum Gasteiger partial charge on any atom is 0.246 e. The first-order valence-corrected chi connectivity index (χ1v) is 7.92. The molecule has 0 saturated heterocycles. The van der Waals surface area contributed by atoms with Gasteiger partial charge in [-0.1, -0.05) is 44.2 Å². The first-order valence-electron chi connectivity index (χ1n) is 7.92. The van der Waals surface area contributed by atoms with Gasteiger partial charge < -0.3 is 5.32 Å². The lowest BCUT2D eigenvalue weighted by Crippen LogP contribution is -2.37. The summed E-state index contributed by atoms with van der Waals surface area (Å²) >= 11 is 0. The van der Waals surface area contributed by atoms with Gasteiger partial charge >= 0.3 is 0 Å². The molecule has 0 bridgehead atoms. The average molecular weight is 314 g/mol. The van der Waals surface area contributed by atoms with Crippen LogP contribution in [0.3, 0.4) is 0 Å². The second kappa shape index (κ2) is 7.88. The summed E-state index contributed by atoms with van der Waals surface area (Å²) in [4.78, 5) is 15.0. The molecule has 3 nitrogen and oxygen atoms in total. The first-order chi connectivity index (χ1) is 11.1. The fourth-order valence-electron chi connectivity index (χ4n) is 2.72. The lowest BCUT2D eigenvalue weighted by atomic mass is 10.0. The summed E-state index contributed by atoms with van der Waals surface area (Å²) in [5.74, 6) is -0.404. The van der Waals surface area contributed by atoms with E-state index in [-0.39, 0.29) is 17.8 Å². The zero-order valence-electron chi connectivity index (χ0n) is 13.8. The van der Waals surface area contributed by atoms with Crippen molar-refractivity contribution in [2.45, 2.75) is 26.8 Å². The van der Waals surface area contributed by atoms with Gasteiger partial charge in [0.05, 0.1) is 0 Å². The Bertz CT molecular complexity index is 654. The van der Waals surface area contributed by atoms with Gasteiger partial charge in [0.2, 0.25) is 5.91 Å². The molecule has 2 rings (SSSR count). The fraction of sp³-hybridized carbons (Fsp3) is 0.316. The van der Waals surface area contributed by atoms with E-state index in [0.29, 0.717) is 11.3 Å². The van der Waals surface area contributed by atoms with Crippen LogP contribution in [-0.4, -0.2) is 23.9 Å². The summed E-state index contributed by atoms with van der Waals surface area (Å²) in [5, 5.41) is 2.94. The van der Waals surface area contributed by atoms with E-state index in [1.165, 1.54) is 12.1 Å². The normalized spacial score (nSPS) is 12.2. The number of nitrogens with zero attached hydrogens (tertiary/aromatic N) is 1. The van der Waals surface area contributed by atoms with Crippen LogP contribution in [0.25, 0.3) is 0 Å². The largest absolute Gasteiger partial charge is 0.324 e. The summed E-state index contributed by atoms with van der Waals surface area (Å²) in [5.41, 5.74) is 2.31. The molecule has 122 valence electrons. The van der Waals surface area contributed by atoms with Crippen molar-refractivity contribution in [3.8, 4) is 0 Å². The van der Waals surface area contributed by atoms with Crippen LogP contribution in [0.1, 0.15) is 31.0 Å². The van der Waals surface area contributed by atoms with Gasteiger partial charge in [-0.05, 0) is 49.3 Å². The lowest BCUT2D eigenvalue weighted by molar-refractivity contribution is -0.121. The summed E-state index contributed by atoms with van der Waals surface area (Å²) in [6.07, 6.45) is 0. The zero-order chi connectivity index (χ0) is 16.8. The quantitative estimate of drug-likeness (QED) is 0.868. The van der Waals surface area contributed by atoms with Crippen molar-refractivity contribution in [3.63, 3.8) is 0 Å². The molecule has 0 aliphatic rings. The Balaban J connectivity index is 2.29. The molecule has 0 aliphatic heterocycles. The summed E-state index contributed by atoms with van der Waals surface area (Å²) in [6, 6.07) is 13.7. The minimum Gasteiger partial charge on any atom is -0.324 e. The van der Waals surface area contributed by atoms with E-state index in [9.17, 15) is 9.18 Å². The number of carbonyl (C=O) groups excluding carboxylic acids is 1. The molecule has 0 aliphatic carbocycles. The molecular weight excluding hydrogens is 291 g/mol. The van der Waals surface area contributed by atoms with E-state index in [4.69, 9.17) is 0 Å². The van der Waals surface area contributed by atoms with Gasteiger partial charge in [0.15, 0.2) is 0 Å². The van der Waals surface area contributed by atoms with E-state index in [2.05, 4.69) is 10.2 Å². The molecular formula is C19H23FN2O. The van der Waals surface area contributed by atoms with Crippen LogP contribution in [0.4, 0.5) is 10.1 Å². The van der Waals surface area contributed by atoms with Crippen molar-refractivity contribution in [2.24, 2.45) is 0 Å². The Labute approximate surface area is 137 Å². The monoisotopic (exact) mass is 314 g/mol. The van der Waals surface area contributed by atoms with E-state index < -0.39 is 0 Å². The number of benzene rings is 2. The summed E-state index contributed by atoms with van der Waals surface area (Å²) in [6.45, 7) is 7.40. The van der Waals surface area contributed by atoms with Gasteiger partial charge in [0, 0.05) is 5.69 Å². The predicted octanol–water partition coefficient (Wildman–Crippen LogP) is 4.16. The molecule has 1 unspecified atom stereocenters.